The predicted molar refractivity (Wildman–Crippen MR) is 108 cm³/mol. The van der Waals surface area contributed by atoms with Gasteiger partial charge in [0.05, 0.1) is 26.5 Å². The number of carbonyl (C=O) groups excluding carboxylic acids is 1. The molecule has 1 amide bonds. The van der Waals surface area contributed by atoms with Crippen molar-refractivity contribution in [3.05, 3.63) is 42.5 Å². The molecule has 1 aliphatic rings. The SMILES string of the molecule is CCCNC(=O)C1CN(S(=O)(=O)c2cc(OC)ccc2OC)c2ccccc2O1. The van der Waals surface area contributed by atoms with Crippen LogP contribution in [0.15, 0.2) is 47.4 Å². The van der Waals surface area contributed by atoms with Crippen LogP contribution in [0.25, 0.3) is 0 Å². The fraction of sp³-hybridized carbons (Fsp3) is 0.350. The van der Waals surface area contributed by atoms with Gasteiger partial charge in [-0.1, -0.05) is 19.1 Å². The van der Waals surface area contributed by atoms with E-state index < -0.39 is 16.1 Å². The molecule has 0 aliphatic carbocycles. The number of carbonyl (C=O) groups is 1. The molecule has 2 aromatic carbocycles. The maximum Gasteiger partial charge on any atom is 0.268 e. The molecule has 0 aromatic heterocycles. The van der Waals surface area contributed by atoms with Crippen molar-refractivity contribution in [1.82, 2.24) is 5.32 Å². The molecule has 29 heavy (non-hydrogen) atoms. The van der Waals surface area contributed by atoms with Crippen molar-refractivity contribution in [2.75, 3.05) is 31.6 Å². The van der Waals surface area contributed by atoms with Gasteiger partial charge in [0.25, 0.3) is 15.9 Å². The monoisotopic (exact) mass is 420 g/mol. The summed E-state index contributed by atoms with van der Waals surface area (Å²) in [5.74, 6) is 0.518. The fourth-order valence-corrected chi connectivity index (χ4v) is 4.68. The summed E-state index contributed by atoms with van der Waals surface area (Å²) in [6.45, 7) is 2.26. The molecule has 156 valence electrons. The number of sulfonamides is 1. The minimum atomic E-state index is -4.07. The molecule has 0 saturated heterocycles. The molecule has 0 saturated carbocycles. The Kier molecular flexibility index (Phi) is 6.17. The standard InChI is InChI=1S/C20H24N2O6S/c1-4-11-21-20(23)18-13-22(15-7-5-6-8-16(15)28-18)29(24,25)19-12-14(26-2)9-10-17(19)27-3/h5-10,12,18H,4,11,13H2,1-3H3,(H,21,23). The van der Waals surface area contributed by atoms with E-state index in [2.05, 4.69) is 5.32 Å². The van der Waals surface area contributed by atoms with Crippen LogP contribution in [0.1, 0.15) is 13.3 Å². The predicted octanol–water partition coefficient (Wildman–Crippen LogP) is 2.19. The quantitative estimate of drug-likeness (QED) is 0.738. The Balaban J connectivity index is 2.07. The number of methoxy groups -OCH3 is 2. The molecule has 2 aromatic rings. The van der Waals surface area contributed by atoms with E-state index in [1.54, 1.807) is 30.3 Å². The van der Waals surface area contributed by atoms with Gasteiger partial charge in [-0.05, 0) is 30.7 Å². The maximum absolute atomic E-state index is 13.6. The van der Waals surface area contributed by atoms with Gasteiger partial charge < -0.3 is 19.5 Å². The van der Waals surface area contributed by atoms with E-state index in [0.29, 0.717) is 23.7 Å². The zero-order valence-corrected chi connectivity index (χ0v) is 17.4. The molecular formula is C20H24N2O6S. The zero-order chi connectivity index (χ0) is 21.0. The molecule has 0 spiro atoms. The third kappa shape index (κ3) is 4.09. The zero-order valence-electron chi connectivity index (χ0n) is 16.5. The maximum atomic E-state index is 13.6. The lowest BCUT2D eigenvalue weighted by atomic mass is 10.2. The Morgan fingerprint density at radius 3 is 2.66 bits per heavy atom. The van der Waals surface area contributed by atoms with Crippen LogP contribution in [-0.2, 0) is 14.8 Å². The van der Waals surface area contributed by atoms with Crippen LogP contribution in [0.5, 0.6) is 17.2 Å². The molecule has 0 fully saturated rings. The molecule has 1 heterocycles. The fourth-order valence-electron chi connectivity index (χ4n) is 3.03. The highest BCUT2D eigenvalue weighted by Crippen LogP contribution is 2.39. The first-order valence-electron chi connectivity index (χ1n) is 9.20. The van der Waals surface area contributed by atoms with Gasteiger partial charge in [-0.15, -0.1) is 0 Å². The van der Waals surface area contributed by atoms with Gasteiger partial charge in [-0.3, -0.25) is 9.10 Å². The smallest absolute Gasteiger partial charge is 0.268 e. The third-order valence-corrected chi connectivity index (χ3v) is 6.32. The molecule has 1 unspecified atom stereocenters. The van der Waals surface area contributed by atoms with Gasteiger partial charge in [-0.2, -0.15) is 0 Å². The number of nitrogens with one attached hydrogen (secondary N) is 1. The molecular weight excluding hydrogens is 396 g/mol. The van der Waals surface area contributed by atoms with Crippen LogP contribution in [0.2, 0.25) is 0 Å². The number of hydrogen-bond donors (Lipinski definition) is 1. The minimum Gasteiger partial charge on any atom is -0.497 e. The number of rotatable bonds is 7. The summed E-state index contributed by atoms with van der Waals surface area (Å²) in [4.78, 5) is 12.4. The van der Waals surface area contributed by atoms with Crippen molar-refractivity contribution >= 4 is 21.6 Å². The summed E-state index contributed by atoms with van der Waals surface area (Å²) in [5.41, 5.74) is 0.358. The van der Waals surface area contributed by atoms with Crippen LogP contribution in [0.4, 0.5) is 5.69 Å². The number of anilines is 1. The lowest BCUT2D eigenvalue weighted by Gasteiger charge is -2.35. The van der Waals surface area contributed by atoms with Crippen LogP contribution in [0.3, 0.4) is 0 Å². The van der Waals surface area contributed by atoms with E-state index in [1.165, 1.54) is 30.7 Å². The second-order valence-electron chi connectivity index (χ2n) is 6.42. The Morgan fingerprint density at radius 1 is 1.21 bits per heavy atom. The van der Waals surface area contributed by atoms with Crippen molar-refractivity contribution in [1.29, 1.82) is 0 Å². The summed E-state index contributed by atoms with van der Waals surface area (Å²) >= 11 is 0. The number of ether oxygens (including phenoxy) is 3. The Morgan fingerprint density at radius 2 is 1.97 bits per heavy atom. The summed E-state index contributed by atoms with van der Waals surface area (Å²) in [6, 6.07) is 11.3. The topological polar surface area (TPSA) is 94.2 Å². The molecule has 1 N–H and O–H groups in total. The van der Waals surface area contributed by atoms with E-state index in [9.17, 15) is 13.2 Å². The van der Waals surface area contributed by atoms with E-state index in [-0.39, 0.29) is 23.1 Å². The van der Waals surface area contributed by atoms with Crippen LogP contribution >= 0.6 is 0 Å². The lowest BCUT2D eigenvalue weighted by molar-refractivity contribution is -0.127. The van der Waals surface area contributed by atoms with Gasteiger partial charge in [-0.25, -0.2) is 8.42 Å². The second-order valence-corrected chi connectivity index (χ2v) is 8.25. The van der Waals surface area contributed by atoms with Gasteiger partial charge >= 0.3 is 0 Å². The second kappa shape index (κ2) is 8.60. The van der Waals surface area contributed by atoms with Crippen LogP contribution < -0.4 is 23.8 Å². The first kappa shape index (κ1) is 20.8. The number of amides is 1. The average molecular weight is 420 g/mol. The van der Waals surface area contributed by atoms with E-state index in [0.717, 1.165) is 6.42 Å². The molecule has 1 aliphatic heterocycles. The van der Waals surface area contributed by atoms with Gasteiger partial charge in [0.15, 0.2) is 6.10 Å². The molecule has 8 nitrogen and oxygen atoms in total. The van der Waals surface area contributed by atoms with Crippen molar-refractivity contribution in [2.45, 2.75) is 24.3 Å². The first-order valence-corrected chi connectivity index (χ1v) is 10.6. The third-order valence-electron chi connectivity index (χ3n) is 4.52. The first-order chi connectivity index (χ1) is 13.9. The lowest BCUT2D eigenvalue weighted by Crippen LogP contribution is -2.50. The number of hydrogen-bond acceptors (Lipinski definition) is 6. The number of fused-ring (bicyclic) bond motifs is 1. The normalized spacial score (nSPS) is 15.8. The Bertz CT molecular complexity index is 992. The van der Waals surface area contributed by atoms with Crippen LogP contribution in [0, 0.1) is 0 Å². The van der Waals surface area contributed by atoms with Crippen molar-refractivity contribution in [3.8, 4) is 17.2 Å². The average Bonchev–Trinajstić information content (AvgIpc) is 2.75. The van der Waals surface area contributed by atoms with E-state index in [4.69, 9.17) is 14.2 Å². The minimum absolute atomic E-state index is 0.0521. The molecule has 0 bridgehead atoms. The number of para-hydroxylation sites is 2. The Hall–Kier alpha value is -2.94. The molecule has 0 radical (unpaired) electrons. The summed E-state index contributed by atoms with van der Waals surface area (Å²) in [7, 11) is -1.22. The highest BCUT2D eigenvalue weighted by atomic mass is 32.2. The largest absolute Gasteiger partial charge is 0.497 e. The van der Waals surface area contributed by atoms with Crippen LogP contribution in [-0.4, -0.2) is 47.7 Å². The van der Waals surface area contributed by atoms with Gasteiger partial charge in [0.1, 0.15) is 22.1 Å². The van der Waals surface area contributed by atoms with E-state index in [1.807, 2.05) is 6.92 Å². The molecule has 1 atom stereocenters. The van der Waals surface area contributed by atoms with Crippen molar-refractivity contribution in [2.24, 2.45) is 0 Å². The van der Waals surface area contributed by atoms with Gasteiger partial charge in [0.2, 0.25) is 0 Å². The van der Waals surface area contributed by atoms with Crippen molar-refractivity contribution in [3.63, 3.8) is 0 Å². The highest BCUT2D eigenvalue weighted by Gasteiger charge is 2.38. The van der Waals surface area contributed by atoms with E-state index >= 15 is 0 Å². The molecule has 3 rings (SSSR count). The Labute approximate surface area is 170 Å². The molecule has 9 heteroatoms. The van der Waals surface area contributed by atoms with Crippen molar-refractivity contribution < 1.29 is 27.4 Å². The number of nitrogens with zero attached hydrogens (tertiary/aromatic N) is 1. The van der Waals surface area contributed by atoms with Gasteiger partial charge in [0, 0.05) is 12.6 Å². The highest BCUT2D eigenvalue weighted by molar-refractivity contribution is 7.93. The summed E-state index contributed by atoms with van der Waals surface area (Å²) in [6.07, 6.45) is -0.208. The summed E-state index contributed by atoms with van der Waals surface area (Å²) < 4.78 is 44.6. The number of benzene rings is 2. The summed E-state index contributed by atoms with van der Waals surface area (Å²) in [5, 5.41) is 2.76.